The normalized spacial score (nSPS) is 12.1. The number of ether oxygens (including phenoxy) is 1. The van der Waals surface area contributed by atoms with Crippen LogP contribution in [0.25, 0.3) is 0 Å². The molecule has 0 bridgehead atoms. The summed E-state index contributed by atoms with van der Waals surface area (Å²) in [7, 11) is 3.24. The van der Waals surface area contributed by atoms with Crippen molar-refractivity contribution in [2.45, 2.75) is 13.0 Å². The Bertz CT molecular complexity index is 438. The van der Waals surface area contributed by atoms with Gasteiger partial charge in [0.25, 0.3) is 5.91 Å². The average Bonchev–Trinajstić information content (AvgIpc) is 2.24. The molecular weight excluding hydrogens is 291 g/mol. The fraction of sp³-hybridized carbons (Fsp3) is 0.364. The van der Waals surface area contributed by atoms with Gasteiger partial charge in [0.05, 0.1) is 10.2 Å². The minimum absolute atomic E-state index is 0.161. The first-order valence-corrected chi connectivity index (χ1v) is 5.74. The Morgan fingerprint density at radius 2 is 2.12 bits per heavy atom. The summed E-state index contributed by atoms with van der Waals surface area (Å²) >= 11 is 3.01. The first-order valence-electron chi connectivity index (χ1n) is 4.95. The molecule has 1 atom stereocenters. The minimum Gasteiger partial charge on any atom is -0.479 e. The van der Waals surface area contributed by atoms with Gasteiger partial charge in [-0.15, -0.1) is 0 Å². The van der Waals surface area contributed by atoms with Crippen molar-refractivity contribution in [1.82, 2.24) is 4.90 Å². The zero-order valence-electron chi connectivity index (χ0n) is 9.83. The van der Waals surface area contributed by atoms with E-state index in [1.807, 2.05) is 0 Å². The van der Waals surface area contributed by atoms with Crippen LogP contribution in [-0.4, -0.2) is 31.0 Å². The fourth-order valence-electron chi connectivity index (χ4n) is 1.25. The number of likely N-dealkylation sites (N-methyl/N-ethyl adjacent to an activating group) is 1. The van der Waals surface area contributed by atoms with Gasteiger partial charge in [0.15, 0.2) is 6.10 Å². The van der Waals surface area contributed by atoms with Gasteiger partial charge in [-0.25, -0.2) is 4.39 Å². The Hall–Kier alpha value is -1.30. The van der Waals surface area contributed by atoms with E-state index in [0.717, 1.165) is 6.07 Å². The van der Waals surface area contributed by atoms with Crippen molar-refractivity contribution < 1.29 is 13.9 Å². The molecule has 2 N–H and O–H groups in total. The number of halogens is 2. The summed E-state index contributed by atoms with van der Waals surface area (Å²) < 4.78 is 18.9. The number of hydrogen-bond acceptors (Lipinski definition) is 3. The third-order valence-electron chi connectivity index (χ3n) is 2.15. The molecule has 0 spiro atoms. The van der Waals surface area contributed by atoms with Gasteiger partial charge < -0.3 is 15.4 Å². The van der Waals surface area contributed by atoms with Crippen LogP contribution < -0.4 is 10.5 Å². The lowest BCUT2D eigenvalue weighted by Crippen LogP contribution is -2.35. The lowest BCUT2D eigenvalue weighted by molar-refractivity contribution is -0.135. The molecule has 6 heteroatoms. The molecule has 1 amide bonds. The molecule has 4 nitrogen and oxygen atoms in total. The van der Waals surface area contributed by atoms with Crippen molar-refractivity contribution in [3.63, 3.8) is 0 Å². The van der Waals surface area contributed by atoms with Gasteiger partial charge in [0.2, 0.25) is 0 Å². The Balaban J connectivity index is 2.89. The number of rotatable bonds is 3. The molecule has 0 aliphatic rings. The highest BCUT2D eigenvalue weighted by Gasteiger charge is 2.18. The summed E-state index contributed by atoms with van der Waals surface area (Å²) in [5, 5.41) is 0. The largest absolute Gasteiger partial charge is 0.479 e. The van der Waals surface area contributed by atoms with Crippen LogP contribution in [0.2, 0.25) is 0 Å². The van der Waals surface area contributed by atoms with E-state index in [0.29, 0.717) is 0 Å². The summed E-state index contributed by atoms with van der Waals surface area (Å²) in [5.41, 5.74) is 5.94. The number of hydrogen-bond donors (Lipinski definition) is 1. The Labute approximate surface area is 108 Å². The second kappa shape index (κ2) is 5.35. The van der Waals surface area contributed by atoms with Gasteiger partial charge in [-0.1, -0.05) is 0 Å². The summed E-state index contributed by atoms with van der Waals surface area (Å²) in [6, 6.07) is 2.55. The maximum Gasteiger partial charge on any atom is 0.262 e. The number of nitrogens with two attached hydrogens (primary N) is 1. The van der Waals surface area contributed by atoms with Gasteiger partial charge in [-0.05, 0) is 28.9 Å². The number of amides is 1. The molecule has 1 rings (SSSR count). The van der Waals surface area contributed by atoms with Gasteiger partial charge in [-0.2, -0.15) is 0 Å². The van der Waals surface area contributed by atoms with Crippen LogP contribution in [-0.2, 0) is 4.79 Å². The maximum absolute atomic E-state index is 13.3. The topological polar surface area (TPSA) is 55.6 Å². The quantitative estimate of drug-likeness (QED) is 0.869. The monoisotopic (exact) mass is 304 g/mol. The number of anilines is 1. The van der Waals surface area contributed by atoms with Gasteiger partial charge in [-0.3, -0.25) is 4.79 Å². The molecule has 0 heterocycles. The molecule has 1 aromatic carbocycles. The van der Waals surface area contributed by atoms with E-state index >= 15 is 0 Å². The molecule has 17 heavy (non-hydrogen) atoms. The number of carbonyl (C=O) groups excluding carboxylic acids is 1. The number of nitrogens with zero attached hydrogens (tertiary/aromatic N) is 1. The lowest BCUT2D eigenvalue weighted by atomic mass is 10.3. The first-order chi connectivity index (χ1) is 7.82. The average molecular weight is 305 g/mol. The van der Waals surface area contributed by atoms with Gasteiger partial charge in [0.1, 0.15) is 11.6 Å². The molecule has 1 aromatic rings. The number of carbonyl (C=O) groups is 1. The van der Waals surface area contributed by atoms with Crippen LogP contribution in [0, 0.1) is 5.82 Å². The third-order valence-corrected chi connectivity index (χ3v) is 2.75. The highest BCUT2D eigenvalue weighted by atomic mass is 79.9. The molecule has 1 unspecified atom stereocenters. The summed E-state index contributed by atoms with van der Waals surface area (Å²) in [5.74, 6) is -0.542. The molecule has 94 valence electrons. The Morgan fingerprint density at radius 3 is 2.65 bits per heavy atom. The van der Waals surface area contributed by atoms with Crippen molar-refractivity contribution in [2.75, 3.05) is 19.8 Å². The van der Waals surface area contributed by atoms with Crippen molar-refractivity contribution in [3.8, 4) is 5.75 Å². The van der Waals surface area contributed by atoms with E-state index in [2.05, 4.69) is 15.9 Å². The maximum atomic E-state index is 13.3. The predicted molar refractivity (Wildman–Crippen MR) is 67.3 cm³/mol. The summed E-state index contributed by atoms with van der Waals surface area (Å²) in [4.78, 5) is 13.0. The van der Waals surface area contributed by atoms with Crippen LogP contribution in [0.3, 0.4) is 0 Å². The Morgan fingerprint density at radius 1 is 1.53 bits per heavy atom. The van der Waals surface area contributed by atoms with E-state index in [1.54, 1.807) is 21.0 Å². The molecule has 0 aromatic heterocycles. The van der Waals surface area contributed by atoms with Crippen LogP contribution in [0.5, 0.6) is 5.75 Å². The van der Waals surface area contributed by atoms with Crippen molar-refractivity contribution in [1.29, 1.82) is 0 Å². The molecular formula is C11H14BrFN2O2. The van der Waals surface area contributed by atoms with Gasteiger partial charge in [0, 0.05) is 20.2 Å². The number of nitrogen functional groups attached to an aromatic ring is 1. The molecule has 0 saturated carbocycles. The predicted octanol–water partition coefficient (Wildman–Crippen LogP) is 2.03. The number of benzene rings is 1. The van der Waals surface area contributed by atoms with Crippen LogP contribution in [0.1, 0.15) is 6.92 Å². The molecule has 0 aliphatic carbocycles. The lowest BCUT2D eigenvalue weighted by Gasteiger charge is -2.19. The Kier molecular flexibility index (Phi) is 4.34. The summed E-state index contributed by atoms with van der Waals surface area (Å²) in [6.45, 7) is 1.59. The van der Waals surface area contributed by atoms with E-state index < -0.39 is 11.9 Å². The molecule has 0 saturated heterocycles. The molecule has 0 radical (unpaired) electrons. The summed E-state index contributed by atoms with van der Waals surface area (Å²) in [6.07, 6.45) is -0.715. The van der Waals surface area contributed by atoms with Crippen molar-refractivity contribution >= 4 is 27.5 Å². The van der Waals surface area contributed by atoms with E-state index in [1.165, 1.54) is 11.0 Å². The zero-order chi connectivity index (χ0) is 13.2. The second-order valence-corrected chi connectivity index (χ2v) is 4.65. The molecule has 0 aliphatic heterocycles. The fourth-order valence-corrected chi connectivity index (χ4v) is 1.61. The second-order valence-electron chi connectivity index (χ2n) is 3.80. The smallest absolute Gasteiger partial charge is 0.262 e. The third kappa shape index (κ3) is 3.33. The van der Waals surface area contributed by atoms with E-state index in [9.17, 15) is 9.18 Å². The van der Waals surface area contributed by atoms with Crippen molar-refractivity contribution in [2.24, 2.45) is 0 Å². The highest BCUT2D eigenvalue weighted by Crippen LogP contribution is 2.29. The van der Waals surface area contributed by atoms with E-state index in [-0.39, 0.29) is 21.8 Å². The van der Waals surface area contributed by atoms with Crippen LogP contribution in [0.4, 0.5) is 10.1 Å². The van der Waals surface area contributed by atoms with Gasteiger partial charge >= 0.3 is 0 Å². The first kappa shape index (κ1) is 13.8. The zero-order valence-corrected chi connectivity index (χ0v) is 11.4. The minimum atomic E-state index is -0.715. The van der Waals surface area contributed by atoms with Crippen LogP contribution >= 0.6 is 15.9 Å². The van der Waals surface area contributed by atoms with Crippen LogP contribution in [0.15, 0.2) is 16.6 Å². The molecule has 0 fully saturated rings. The SMILES string of the molecule is CC(Oc1cc(F)c(Br)cc1N)C(=O)N(C)C. The highest BCUT2D eigenvalue weighted by molar-refractivity contribution is 9.10. The standard InChI is InChI=1S/C11H14BrFN2O2/c1-6(11(16)15(2)3)17-10-5-8(13)7(12)4-9(10)14/h4-6H,14H2,1-3H3. The van der Waals surface area contributed by atoms with Crippen molar-refractivity contribution in [3.05, 3.63) is 22.4 Å². The van der Waals surface area contributed by atoms with E-state index in [4.69, 9.17) is 10.5 Å².